The zero-order valence-corrected chi connectivity index (χ0v) is 8.83. The van der Waals surface area contributed by atoms with E-state index in [-0.39, 0.29) is 0 Å². The van der Waals surface area contributed by atoms with Crippen molar-refractivity contribution in [2.75, 3.05) is 0 Å². The number of rotatable bonds is 4. The van der Waals surface area contributed by atoms with Gasteiger partial charge in [0.15, 0.2) is 0 Å². The van der Waals surface area contributed by atoms with Gasteiger partial charge in [-0.1, -0.05) is 51.1 Å². The van der Waals surface area contributed by atoms with Crippen LogP contribution in [0.2, 0.25) is 0 Å². The topological polar surface area (TPSA) is 0 Å². The van der Waals surface area contributed by atoms with Gasteiger partial charge in [0.1, 0.15) is 0 Å². The van der Waals surface area contributed by atoms with Gasteiger partial charge in [0.05, 0.1) is 0 Å². The van der Waals surface area contributed by atoms with Gasteiger partial charge >= 0.3 is 0 Å². The molecule has 0 aliphatic carbocycles. The first kappa shape index (κ1) is 10.3. The van der Waals surface area contributed by atoms with Gasteiger partial charge in [-0.2, -0.15) is 0 Å². The SMILES string of the molecule is CC(C)[CH]C(C)Cc1ccccc1. The summed E-state index contributed by atoms with van der Waals surface area (Å²) in [6, 6.07) is 10.7. The Hall–Kier alpha value is -0.780. The fraction of sp³-hybridized carbons (Fsp3) is 0.462. The molecule has 1 aromatic carbocycles. The molecule has 0 bridgehead atoms. The molecular formula is C13H19. The third-order valence-corrected chi connectivity index (χ3v) is 2.11. The van der Waals surface area contributed by atoms with Crippen LogP contribution in [0.1, 0.15) is 26.3 Å². The molecule has 13 heavy (non-hydrogen) atoms. The smallest absolute Gasteiger partial charge is 0.0250 e. The molecule has 1 aromatic rings. The van der Waals surface area contributed by atoms with E-state index in [0.29, 0.717) is 11.8 Å². The minimum atomic E-state index is 0.683. The Morgan fingerprint density at radius 2 is 1.69 bits per heavy atom. The van der Waals surface area contributed by atoms with Gasteiger partial charge in [-0.3, -0.25) is 0 Å². The maximum Gasteiger partial charge on any atom is -0.0250 e. The summed E-state index contributed by atoms with van der Waals surface area (Å²) in [5.41, 5.74) is 1.44. The largest absolute Gasteiger partial charge is 0.0625 e. The molecule has 0 saturated carbocycles. The molecule has 0 aliphatic heterocycles. The molecule has 1 unspecified atom stereocenters. The van der Waals surface area contributed by atoms with Crippen LogP contribution in [-0.4, -0.2) is 0 Å². The number of hydrogen-bond donors (Lipinski definition) is 0. The third kappa shape index (κ3) is 4.12. The highest BCUT2D eigenvalue weighted by Gasteiger charge is 2.05. The van der Waals surface area contributed by atoms with Gasteiger partial charge in [-0.15, -0.1) is 0 Å². The van der Waals surface area contributed by atoms with Crippen molar-refractivity contribution in [3.63, 3.8) is 0 Å². The summed E-state index contributed by atoms with van der Waals surface area (Å²) in [4.78, 5) is 0. The van der Waals surface area contributed by atoms with E-state index in [1.54, 1.807) is 0 Å². The van der Waals surface area contributed by atoms with Gasteiger partial charge in [0, 0.05) is 0 Å². The molecule has 0 heterocycles. The zero-order valence-electron chi connectivity index (χ0n) is 8.83. The Kier molecular flexibility index (Phi) is 4.01. The van der Waals surface area contributed by atoms with Gasteiger partial charge in [0.25, 0.3) is 0 Å². The second-order valence-electron chi connectivity index (χ2n) is 4.10. The van der Waals surface area contributed by atoms with E-state index in [1.165, 1.54) is 12.0 Å². The van der Waals surface area contributed by atoms with E-state index >= 15 is 0 Å². The predicted octanol–water partition coefficient (Wildman–Crippen LogP) is 3.73. The highest BCUT2D eigenvalue weighted by atomic mass is 14.1. The summed E-state index contributed by atoms with van der Waals surface area (Å²) in [7, 11) is 0. The summed E-state index contributed by atoms with van der Waals surface area (Å²) in [6.45, 7) is 6.76. The van der Waals surface area contributed by atoms with Gasteiger partial charge < -0.3 is 0 Å². The van der Waals surface area contributed by atoms with E-state index in [1.807, 2.05) is 0 Å². The lowest BCUT2D eigenvalue weighted by atomic mass is 9.93. The van der Waals surface area contributed by atoms with Crippen molar-refractivity contribution in [1.29, 1.82) is 0 Å². The van der Waals surface area contributed by atoms with Crippen LogP contribution < -0.4 is 0 Å². The quantitative estimate of drug-likeness (QED) is 0.654. The highest BCUT2D eigenvalue weighted by molar-refractivity contribution is 5.15. The monoisotopic (exact) mass is 175 g/mol. The lowest BCUT2D eigenvalue weighted by molar-refractivity contribution is 0.570. The van der Waals surface area contributed by atoms with Crippen molar-refractivity contribution in [2.45, 2.75) is 27.2 Å². The highest BCUT2D eigenvalue weighted by Crippen LogP contribution is 2.14. The van der Waals surface area contributed by atoms with Crippen LogP contribution in [0.3, 0.4) is 0 Å². The van der Waals surface area contributed by atoms with E-state index < -0.39 is 0 Å². The lowest BCUT2D eigenvalue weighted by Gasteiger charge is -2.13. The first-order valence-electron chi connectivity index (χ1n) is 5.07. The summed E-state index contributed by atoms with van der Waals surface area (Å²) in [5.74, 6) is 1.38. The van der Waals surface area contributed by atoms with Crippen LogP contribution in [0.25, 0.3) is 0 Å². The molecule has 1 rings (SSSR count). The van der Waals surface area contributed by atoms with Crippen LogP contribution >= 0.6 is 0 Å². The molecule has 0 fully saturated rings. The molecule has 0 heteroatoms. The summed E-state index contributed by atoms with van der Waals surface area (Å²) in [6.07, 6.45) is 3.58. The minimum Gasteiger partial charge on any atom is -0.0625 e. The fourth-order valence-electron chi connectivity index (χ4n) is 1.71. The van der Waals surface area contributed by atoms with Crippen molar-refractivity contribution in [3.8, 4) is 0 Å². The second-order valence-corrected chi connectivity index (χ2v) is 4.10. The number of hydrogen-bond acceptors (Lipinski definition) is 0. The fourth-order valence-corrected chi connectivity index (χ4v) is 1.71. The maximum absolute atomic E-state index is 2.41. The Bertz CT molecular complexity index is 223. The molecule has 0 saturated heterocycles. The van der Waals surface area contributed by atoms with Crippen molar-refractivity contribution >= 4 is 0 Å². The Labute approximate surface area is 82.0 Å². The lowest BCUT2D eigenvalue weighted by Crippen LogP contribution is -2.04. The van der Waals surface area contributed by atoms with E-state index in [9.17, 15) is 0 Å². The second kappa shape index (κ2) is 5.06. The Morgan fingerprint density at radius 3 is 2.23 bits per heavy atom. The molecular weight excluding hydrogens is 156 g/mol. The predicted molar refractivity (Wildman–Crippen MR) is 58.4 cm³/mol. The van der Waals surface area contributed by atoms with Crippen molar-refractivity contribution in [1.82, 2.24) is 0 Å². The van der Waals surface area contributed by atoms with Crippen molar-refractivity contribution in [3.05, 3.63) is 42.3 Å². The number of benzene rings is 1. The van der Waals surface area contributed by atoms with Crippen LogP contribution in [0.15, 0.2) is 30.3 Å². The van der Waals surface area contributed by atoms with Gasteiger partial charge in [-0.05, 0) is 30.2 Å². The van der Waals surface area contributed by atoms with Gasteiger partial charge in [0.2, 0.25) is 0 Å². The maximum atomic E-state index is 2.41. The molecule has 1 radical (unpaired) electrons. The molecule has 71 valence electrons. The van der Waals surface area contributed by atoms with Crippen molar-refractivity contribution < 1.29 is 0 Å². The van der Waals surface area contributed by atoms with Gasteiger partial charge in [-0.25, -0.2) is 0 Å². The minimum absolute atomic E-state index is 0.683. The Balaban J connectivity index is 2.41. The molecule has 0 N–H and O–H groups in total. The average Bonchev–Trinajstić information content (AvgIpc) is 2.04. The summed E-state index contributed by atoms with van der Waals surface area (Å²) in [5, 5.41) is 0. The molecule has 1 atom stereocenters. The summed E-state index contributed by atoms with van der Waals surface area (Å²) >= 11 is 0. The molecule has 0 amide bonds. The first-order chi connectivity index (χ1) is 6.18. The zero-order chi connectivity index (χ0) is 9.68. The van der Waals surface area contributed by atoms with Crippen LogP contribution in [0.5, 0.6) is 0 Å². The summed E-state index contributed by atoms with van der Waals surface area (Å²) < 4.78 is 0. The van der Waals surface area contributed by atoms with Crippen LogP contribution in [0.4, 0.5) is 0 Å². The average molecular weight is 175 g/mol. The van der Waals surface area contributed by atoms with Crippen molar-refractivity contribution in [2.24, 2.45) is 11.8 Å². The van der Waals surface area contributed by atoms with E-state index in [4.69, 9.17) is 0 Å². The molecule has 0 spiro atoms. The first-order valence-corrected chi connectivity index (χ1v) is 5.07. The standard InChI is InChI=1S/C13H19/c1-11(2)9-12(3)10-13-7-5-4-6-8-13/h4-9,11-12H,10H2,1-3H3. The molecule has 0 aromatic heterocycles. The molecule has 0 aliphatic rings. The van der Waals surface area contributed by atoms with Crippen LogP contribution in [0, 0.1) is 18.3 Å². The van der Waals surface area contributed by atoms with E-state index in [0.717, 1.165) is 0 Å². The molecule has 0 nitrogen and oxygen atoms in total. The normalized spacial score (nSPS) is 13.2. The van der Waals surface area contributed by atoms with E-state index in [2.05, 4.69) is 57.5 Å². The Morgan fingerprint density at radius 1 is 1.08 bits per heavy atom. The van der Waals surface area contributed by atoms with Crippen LogP contribution in [-0.2, 0) is 6.42 Å². The third-order valence-electron chi connectivity index (χ3n) is 2.11.